The van der Waals surface area contributed by atoms with Crippen LogP contribution in [0.4, 0.5) is 4.79 Å². The number of aliphatic carboxylic acids is 1. The molecule has 122 valence electrons. The van der Waals surface area contributed by atoms with Gasteiger partial charge in [0.05, 0.1) is 5.92 Å². The largest absolute Gasteiger partial charge is 0.481 e. The molecule has 0 bridgehead atoms. The van der Waals surface area contributed by atoms with E-state index < -0.39 is 5.97 Å². The lowest BCUT2D eigenvalue weighted by Gasteiger charge is -2.29. The molecule has 0 unspecified atom stereocenters. The van der Waals surface area contributed by atoms with E-state index in [0.717, 1.165) is 19.3 Å². The Kier molecular flexibility index (Phi) is 6.24. The van der Waals surface area contributed by atoms with E-state index in [-0.39, 0.29) is 18.0 Å². The minimum absolute atomic E-state index is 0.0298. The fraction of sp³-hybridized carbons (Fsp3) is 0.625. The van der Waals surface area contributed by atoms with Crippen molar-refractivity contribution in [3.05, 3.63) is 22.4 Å². The summed E-state index contributed by atoms with van der Waals surface area (Å²) in [6.45, 7) is 3.38. The number of hydrogen-bond donors (Lipinski definition) is 2. The number of rotatable bonds is 6. The molecule has 1 aromatic heterocycles. The second-order valence-corrected chi connectivity index (χ2v) is 6.78. The fourth-order valence-electron chi connectivity index (χ4n) is 2.85. The smallest absolute Gasteiger partial charge is 0.317 e. The second-order valence-electron chi connectivity index (χ2n) is 5.75. The maximum atomic E-state index is 12.3. The van der Waals surface area contributed by atoms with Gasteiger partial charge in [-0.1, -0.05) is 6.07 Å². The van der Waals surface area contributed by atoms with E-state index in [1.54, 1.807) is 11.3 Å². The number of nitrogens with zero attached hydrogens (tertiary/aromatic N) is 1. The van der Waals surface area contributed by atoms with Crippen molar-refractivity contribution in [2.24, 2.45) is 5.92 Å². The van der Waals surface area contributed by atoms with Gasteiger partial charge in [0.1, 0.15) is 0 Å². The third-order valence-corrected chi connectivity index (χ3v) is 5.22. The third kappa shape index (κ3) is 4.73. The molecule has 5 nitrogen and oxygen atoms in total. The zero-order valence-electron chi connectivity index (χ0n) is 13.0. The topological polar surface area (TPSA) is 69.6 Å². The van der Waals surface area contributed by atoms with Crippen LogP contribution in [0.15, 0.2) is 17.5 Å². The van der Waals surface area contributed by atoms with Crippen molar-refractivity contribution in [2.75, 3.05) is 13.1 Å². The Morgan fingerprint density at radius 1 is 1.36 bits per heavy atom. The first-order valence-electron chi connectivity index (χ1n) is 7.90. The predicted octanol–water partition coefficient (Wildman–Crippen LogP) is 2.97. The van der Waals surface area contributed by atoms with Gasteiger partial charge in [0, 0.05) is 24.0 Å². The number of nitrogens with one attached hydrogen (secondary N) is 1. The van der Waals surface area contributed by atoms with Gasteiger partial charge < -0.3 is 15.3 Å². The van der Waals surface area contributed by atoms with Gasteiger partial charge >= 0.3 is 12.0 Å². The summed E-state index contributed by atoms with van der Waals surface area (Å²) in [5.41, 5.74) is 0. The average molecular weight is 324 g/mol. The Hall–Kier alpha value is -1.56. The number of likely N-dealkylation sites (N-methyl/N-ethyl adjacent to an activating group) is 1. The lowest BCUT2D eigenvalue weighted by Crippen LogP contribution is -2.46. The van der Waals surface area contributed by atoms with Crippen LogP contribution in [0.1, 0.15) is 37.5 Å². The molecule has 1 aromatic rings. The quantitative estimate of drug-likeness (QED) is 0.845. The zero-order valence-corrected chi connectivity index (χ0v) is 13.8. The van der Waals surface area contributed by atoms with E-state index in [2.05, 4.69) is 11.4 Å². The Morgan fingerprint density at radius 2 is 2.09 bits per heavy atom. The molecule has 0 aromatic carbocycles. The summed E-state index contributed by atoms with van der Waals surface area (Å²) in [4.78, 5) is 26.4. The van der Waals surface area contributed by atoms with Gasteiger partial charge in [-0.05, 0) is 50.5 Å². The number of carbonyl (C=O) groups is 2. The van der Waals surface area contributed by atoms with Crippen LogP contribution in [0.3, 0.4) is 0 Å². The number of amides is 2. The normalized spacial score (nSPS) is 21.3. The Balaban J connectivity index is 1.76. The number of hydrogen-bond acceptors (Lipinski definition) is 3. The molecule has 1 saturated carbocycles. The summed E-state index contributed by atoms with van der Waals surface area (Å²) in [5.74, 6) is -0.954. The monoisotopic (exact) mass is 324 g/mol. The molecule has 2 rings (SSSR count). The molecule has 22 heavy (non-hydrogen) atoms. The molecular weight excluding hydrogens is 300 g/mol. The van der Waals surface area contributed by atoms with E-state index in [9.17, 15) is 9.59 Å². The molecule has 0 radical (unpaired) electrons. The van der Waals surface area contributed by atoms with E-state index in [1.165, 1.54) is 4.88 Å². The Labute approximate surface area is 135 Å². The van der Waals surface area contributed by atoms with Gasteiger partial charge in [-0.3, -0.25) is 4.79 Å². The van der Waals surface area contributed by atoms with Crippen LogP contribution in [-0.4, -0.2) is 41.1 Å². The Morgan fingerprint density at radius 3 is 2.64 bits per heavy atom. The Bertz CT molecular complexity index is 482. The summed E-state index contributed by atoms with van der Waals surface area (Å²) < 4.78 is 0. The standard InChI is InChI=1S/C16H24N2O3S/c1-2-18(10-9-14-4-3-11-22-14)16(21)17-13-7-5-12(6-8-13)15(19)20/h3-4,11-13H,2,5-10H2,1H3,(H,17,21)(H,19,20). The minimum Gasteiger partial charge on any atom is -0.481 e. The van der Waals surface area contributed by atoms with Crippen molar-refractivity contribution in [2.45, 2.75) is 45.1 Å². The van der Waals surface area contributed by atoms with E-state index in [0.29, 0.717) is 25.9 Å². The highest BCUT2D eigenvalue weighted by atomic mass is 32.1. The molecule has 1 fully saturated rings. The third-order valence-electron chi connectivity index (χ3n) is 4.28. The highest BCUT2D eigenvalue weighted by Crippen LogP contribution is 2.24. The first kappa shape index (κ1) is 16.8. The van der Waals surface area contributed by atoms with Crippen molar-refractivity contribution >= 4 is 23.3 Å². The number of carboxylic acids is 1. The SMILES string of the molecule is CCN(CCc1cccs1)C(=O)NC1CCC(C(=O)O)CC1. The van der Waals surface area contributed by atoms with Crippen molar-refractivity contribution in [1.29, 1.82) is 0 Å². The van der Waals surface area contributed by atoms with Gasteiger partial charge in [-0.2, -0.15) is 0 Å². The highest BCUT2D eigenvalue weighted by Gasteiger charge is 2.27. The minimum atomic E-state index is -0.712. The van der Waals surface area contributed by atoms with Crippen LogP contribution in [0.5, 0.6) is 0 Å². The summed E-state index contributed by atoms with van der Waals surface area (Å²) in [6, 6.07) is 4.19. The number of thiophene rings is 1. The zero-order chi connectivity index (χ0) is 15.9. The van der Waals surface area contributed by atoms with Crippen molar-refractivity contribution < 1.29 is 14.7 Å². The van der Waals surface area contributed by atoms with E-state index in [1.807, 2.05) is 23.3 Å². The molecule has 0 atom stereocenters. The molecular formula is C16H24N2O3S. The van der Waals surface area contributed by atoms with Gasteiger partial charge in [0.2, 0.25) is 0 Å². The maximum absolute atomic E-state index is 12.3. The van der Waals surface area contributed by atoms with Crippen LogP contribution >= 0.6 is 11.3 Å². The molecule has 0 aliphatic heterocycles. The van der Waals surface area contributed by atoms with Crippen LogP contribution in [0.25, 0.3) is 0 Å². The second kappa shape index (κ2) is 8.17. The first-order chi connectivity index (χ1) is 10.6. The van der Waals surface area contributed by atoms with Crippen molar-refractivity contribution in [1.82, 2.24) is 10.2 Å². The molecule has 0 saturated heterocycles. The average Bonchev–Trinajstić information content (AvgIpc) is 3.01. The van der Waals surface area contributed by atoms with Crippen molar-refractivity contribution in [3.8, 4) is 0 Å². The highest BCUT2D eigenvalue weighted by molar-refractivity contribution is 7.09. The molecule has 1 heterocycles. The van der Waals surface area contributed by atoms with Crippen molar-refractivity contribution in [3.63, 3.8) is 0 Å². The number of carbonyl (C=O) groups excluding carboxylic acids is 1. The van der Waals surface area contributed by atoms with Gasteiger partial charge in [0.25, 0.3) is 0 Å². The van der Waals surface area contributed by atoms with E-state index in [4.69, 9.17) is 5.11 Å². The lowest BCUT2D eigenvalue weighted by atomic mass is 9.86. The molecule has 2 N–H and O–H groups in total. The van der Waals surface area contributed by atoms with E-state index >= 15 is 0 Å². The molecule has 6 heteroatoms. The predicted molar refractivity (Wildman–Crippen MR) is 87.2 cm³/mol. The van der Waals surface area contributed by atoms with Gasteiger partial charge in [-0.25, -0.2) is 4.79 Å². The van der Waals surface area contributed by atoms with Crippen LogP contribution in [0, 0.1) is 5.92 Å². The molecule has 0 spiro atoms. The lowest BCUT2D eigenvalue weighted by molar-refractivity contribution is -0.142. The number of carboxylic acid groups (broad SMARTS) is 1. The molecule has 2 amide bonds. The number of urea groups is 1. The first-order valence-corrected chi connectivity index (χ1v) is 8.78. The summed E-state index contributed by atoms with van der Waals surface area (Å²) in [7, 11) is 0. The molecule has 1 aliphatic carbocycles. The van der Waals surface area contributed by atoms with Gasteiger partial charge in [0.15, 0.2) is 0 Å². The summed E-state index contributed by atoms with van der Waals surface area (Å²) in [6.07, 6.45) is 3.70. The van der Waals surface area contributed by atoms with Crippen LogP contribution in [0.2, 0.25) is 0 Å². The molecule has 1 aliphatic rings. The fourth-order valence-corrected chi connectivity index (χ4v) is 3.55. The maximum Gasteiger partial charge on any atom is 0.317 e. The van der Waals surface area contributed by atoms with Crippen LogP contribution in [-0.2, 0) is 11.2 Å². The summed E-state index contributed by atoms with van der Waals surface area (Å²) in [5, 5.41) is 14.1. The van der Waals surface area contributed by atoms with Crippen LogP contribution < -0.4 is 5.32 Å². The summed E-state index contributed by atoms with van der Waals surface area (Å²) >= 11 is 1.71. The van der Waals surface area contributed by atoms with Gasteiger partial charge in [-0.15, -0.1) is 11.3 Å².